The summed E-state index contributed by atoms with van der Waals surface area (Å²) in [5.41, 5.74) is 0.739. The monoisotopic (exact) mass is 475 g/mol. The summed E-state index contributed by atoms with van der Waals surface area (Å²) in [4.78, 5) is 4.28. The fraction of sp³-hybridized carbons (Fsp3) is 0.562. The lowest BCUT2D eigenvalue weighted by molar-refractivity contribution is -0.135. The van der Waals surface area contributed by atoms with Crippen molar-refractivity contribution < 1.29 is 22.6 Å². The number of benzene rings is 1. The predicted molar refractivity (Wildman–Crippen MR) is 104 cm³/mol. The molecule has 0 aliphatic rings. The molecule has 0 saturated heterocycles. The Labute approximate surface area is 163 Å². The van der Waals surface area contributed by atoms with Gasteiger partial charge in [0.25, 0.3) is 0 Å². The molecule has 0 heterocycles. The van der Waals surface area contributed by atoms with E-state index in [1.54, 1.807) is 32.4 Å². The number of guanidine groups is 1. The predicted octanol–water partition coefficient (Wildman–Crippen LogP) is 4.43. The molecule has 0 aromatic heterocycles. The molecule has 0 atom stereocenters. The van der Waals surface area contributed by atoms with E-state index in [0.717, 1.165) is 5.69 Å². The van der Waals surface area contributed by atoms with E-state index in [9.17, 15) is 13.2 Å². The van der Waals surface area contributed by atoms with Crippen LogP contribution < -0.4 is 20.1 Å². The first-order valence-corrected chi connectivity index (χ1v) is 7.73. The second-order valence-electron chi connectivity index (χ2n) is 5.03. The minimum Gasteiger partial charge on any atom is -0.493 e. The number of alkyl halides is 3. The Balaban J connectivity index is 0.00000576. The maximum absolute atomic E-state index is 12.1. The third kappa shape index (κ3) is 9.61. The minimum atomic E-state index is -4.11. The number of rotatable bonds is 8. The van der Waals surface area contributed by atoms with Crippen LogP contribution in [-0.4, -0.2) is 39.4 Å². The Bertz CT molecular complexity index is 540. The number of nitrogens with one attached hydrogen (secondary N) is 2. The molecule has 9 heteroatoms. The zero-order valence-corrected chi connectivity index (χ0v) is 16.9. The van der Waals surface area contributed by atoms with Gasteiger partial charge in [0.2, 0.25) is 0 Å². The molecule has 1 rings (SSSR count). The number of aliphatic imine (C=N–C) groups is 1. The fourth-order valence-electron chi connectivity index (χ4n) is 1.99. The van der Waals surface area contributed by atoms with E-state index in [2.05, 4.69) is 15.6 Å². The normalized spacial score (nSPS) is 11.5. The first kappa shape index (κ1) is 23.6. The molecule has 0 saturated carbocycles. The van der Waals surface area contributed by atoms with E-state index in [0.29, 0.717) is 37.0 Å². The lowest BCUT2D eigenvalue weighted by Crippen LogP contribution is -2.30. The summed E-state index contributed by atoms with van der Waals surface area (Å²) < 4.78 is 46.7. The SMILES string of the molecule is CCNC(=NCCCCC(F)(F)F)Nc1ccc(OC)c(OC)c1.I. The molecule has 25 heavy (non-hydrogen) atoms. The van der Waals surface area contributed by atoms with Gasteiger partial charge >= 0.3 is 6.18 Å². The van der Waals surface area contributed by atoms with Gasteiger partial charge in [0.15, 0.2) is 17.5 Å². The standard InChI is InChI=1S/C16H24F3N3O2.HI/c1-4-20-15(21-10-6-5-9-16(17,18)19)22-12-7-8-13(23-2)14(11-12)24-3;/h7-8,11H,4-6,9-10H2,1-3H3,(H2,20,21,22);1H. The Kier molecular flexibility index (Phi) is 11.4. The highest BCUT2D eigenvalue weighted by atomic mass is 127. The number of hydrogen-bond acceptors (Lipinski definition) is 3. The van der Waals surface area contributed by atoms with Crippen LogP contribution in [0.5, 0.6) is 11.5 Å². The molecule has 0 spiro atoms. The summed E-state index contributed by atoms with van der Waals surface area (Å²) in [7, 11) is 3.10. The van der Waals surface area contributed by atoms with Crippen LogP contribution in [0.2, 0.25) is 0 Å². The Hall–Kier alpha value is -1.39. The average Bonchev–Trinajstić information content (AvgIpc) is 2.53. The summed E-state index contributed by atoms with van der Waals surface area (Å²) in [6, 6.07) is 5.32. The van der Waals surface area contributed by atoms with Crippen LogP contribution in [-0.2, 0) is 0 Å². The highest BCUT2D eigenvalue weighted by molar-refractivity contribution is 14.0. The van der Waals surface area contributed by atoms with Gasteiger partial charge in [0, 0.05) is 31.3 Å². The highest BCUT2D eigenvalue weighted by Crippen LogP contribution is 2.29. The minimum absolute atomic E-state index is 0. The summed E-state index contributed by atoms with van der Waals surface area (Å²) in [6.45, 7) is 2.87. The van der Waals surface area contributed by atoms with E-state index in [4.69, 9.17) is 9.47 Å². The van der Waals surface area contributed by atoms with Crippen molar-refractivity contribution >= 4 is 35.6 Å². The van der Waals surface area contributed by atoms with Crippen molar-refractivity contribution in [3.63, 3.8) is 0 Å². The first-order chi connectivity index (χ1) is 11.4. The topological polar surface area (TPSA) is 54.9 Å². The number of hydrogen-bond donors (Lipinski definition) is 2. The zero-order valence-electron chi connectivity index (χ0n) is 14.6. The second kappa shape index (κ2) is 12.0. The van der Waals surface area contributed by atoms with Gasteiger partial charge < -0.3 is 20.1 Å². The van der Waals surface area contributed by atoms with Gasteiger partial charge in [-0.2, -0.15) is 13.2 Å². The van der Waals surface area contributed by atoms with Crippen molar-refractivity contribution in [2.45, 2.75) is 32.4 Å². The van der Waals surface area contributed by atoms with Crippen LogP contribution >= 0.6 is 24.0 Å². The van der Waals surface area contributed by atoms with Crippen molar-refractivity contribution in [2.24, 2.45) is 4.99 Å². The van der Waals surface area contributed by atoms with Crippen LogP contribution in [0, 0.1) is 0 Å². The Morgan fingerprint density at radius 2 is 1.80 bits per heavy atom. The third-order valence-electron chi connectivity index (χ3n) is 3.13. The molecule has 1 aromatic carbocycles. The summed E-state index contributed by atoms with van der Waals surface area (Å²) >= 11 is 0. The largest absolute Gasteiger partial charge is 0.493 e. The van der Waals surface area contributed by atoms with Crippen molar-refractivity contribution in [1.82, 2.24) is 5.32 Å². The van der Waals surface area contributed by atoms with Crippen molar-refractivity contribution in [3.8, 4) is 11.5 Å². The molecular formula is C16H25F3IN3O2. The Morgan fingerprint density at radius 3 is 2.36 bits per heavy atom. The second-order valence-corrected chi connectivity index (χ2v) is 5.03. The van der Waals surface area contributed by atoms with Gasteiger partial charge in [0.05, 0.1) is 14.2 Å². The molecule has 0 aliphatic carbocycles. The molecule has 0 bridgehead atoms. The van der Waals surface area contributed by atoms with E-state index >= 15 is 0 Å². The fourth-order valence-corrected chi connectivity index (χ4v) is 1.99. The summed E-state index contributed by atoms with van der Waals surface area (Å²) in [5, 5.41) is 6.14. The van der Waals surface area contributed by atoms with Crippen LogP contribution in [0.3, 0.4) is 0 Å². The van der Waals surface area contributed by atoms with Gasteiger partial charge in [0.1, 0.15) is 0 Å². The molecule has 0 radical (unpaired) electrons. The number of anilines is 1. The number of unbranched alkanes of at least 4 members (excludes halogenated alkanes) is 1. The van der Waals surface area contributed by atoms with Crippen molar-refractivity contribution in [3.05, 3.63) is 18.2 Å². The number of methoxy groups -OCH3 is 2. The molecule has 0 fully saturated rings. The van der Waals surface area contributed by atoms with Crippen LogP contribution in [0.4, 0.5) is 18.9 Å². The molecular weight excluding hydrogens is 450 g/mol. The molecule has 0 unspecified atom stereocenters. The number of ether oxygens (including phenoxy) is 2. The van der Waals surface area contributed by atoms with Gasteiger partial charge in [-0.15, -0.1) is 24.0 Å². The van der Waals surface area contributed by atoms with Crippen LogP contribution in [0.25, 0.3) is 0 Å². The van der Waals surface area contributed by atoms with E-state index in [1.165, 1.54) is 0 Å². The zero-order chi connectivity index (χ0) is 18.0. The van der Waals surface area contributed by atoms with E-state index in [-0.39, 0.29) is 30.4 Å². The van der Waals surface area contributed by atoms with Crippen LogP contribution in [0.15, 0.2) is 23.2 Å². The van der Waals surface area contributed by atoms with Crippen LogP contribution in [0.1, 0.15) is 26.2 Å². The summed E-state index contributed by atoms with van der Waals surface area (Å²) in [5.74, 6) is 1.69. The number of nitrogens with zero attached hydrogens (tertiary/aromatic N) is 1. The lowest BCUT2D eigenvalue weighted by Gasteiger charge is -2.14. The number of halogens is 4. The highest BCUT2D eigenvalue weighted by Gasteiger charge is 2.25. The summed E-state index contributed by atoms with van der Waals surface area (Å²) in [6.07, 6.45) is -4.43. The smallest absolute Gasteiger partial charge is 0.389 e. The average molecular weight is 475 g/mol. The first-order valence-electron chi connectivity index (χ1n) is 7.73. The maximum Gasteiger partial charge on any atom is 0.389 e. The van der Waals surface area contributed by atoms with Gasteiger partial charge in [-0.3, -0.25) is 4.99 Å². The van der Waals surface area contributed by atoms with Gasteiger partial charge in [-0.25, -0.2) is 0 Å². The van der Waals surface area contributed by atoms with Gasteiger partial charge in [-0.1, -0.05) is 0 Å². The quantitative estimate of drug-likeness (QED) is 0.253. The van der Waals surface area contributed by atoms with Crippen molar-refractivity contribution in [1.29, 1.82) is 0 Å². The van der Waals surface area contributed by atoms with E-state index in [1.807, 2.05) is 6.92 Å². The van der Waals surface area contributed by atoms with E-state index < -0.39 is 12.6 Å². The maximum atomic E-state index is 12.1. The molecule has 5 nitrogen and oxygen atoms in total. The third-order valence-corrected chi connectivity index (χ3v) is 3.13. The Morgan fingerprint density at radius 1 is 1.12 bits per heavy atom. The lowest BCUT2D eigenvalue weighted by atomic mass is 10.2. The molecule has 144 valence electrons. The molecule has 0 amide bonds. The molecule has 1 aromatic rings. The molecule has 0 aliphatic heterocycles. The van der Waals surface area contributed by atoms with Crippen molar-refractivity contribution in [2.75, 3.05) is 32.6 Å². The molecule has 2 N–H and O–H groups in total. The van der Waals surface area contributed by atoms with Gasteiger partial charge in [-0.05, 0) is 31.9 Å².